The van der Waals surface area contributed by atoms with Gasteiger partial charge in [0.05, 0.1) is 15.7 Å². The van der Waals surface area contributed by atoms with Crippen molar-refractivity contribution in [1.29, 1.82) is 0 Å². The number of carbonyl (C=O) groups is 3. The number of nitrogens with one attached hydrogen (secondary N) is 1. The van der Waals surface area contributed by atoms with Gasteiger partial charge >= 0.3 is 6.03 Å². The second-order valence-electron chi connectivity index (χ2n) is 7.16. The van der Waals surface area contributed by atoms with E-state index in [9.17, 15) is 18.8 Å². The number of hydrogen-bond acceptors (Lipinski definition) is 4. The van der Waals surface area contributed by atoms with Crippen LogP contribution in [0.25, 0.3) is 6.08 Å². The fourth-order valence-corrected chi connectivity index (χ4v) is 3.89. The zero-order valence-electron chi connectivity index (χ0n) is 17.2. The average molecular weight is 564 g/mol. The number of rotatable bonds is 5. The molecule has 0 atom stereocenters. The Hall–Kier alpha value is -3.20. The van der Waals surface area contributed by atoms with Crippen LogP contribution in [0.4, 0.5) is 14.9 Å². The summed E-state index contributed by atoms with van der Waals surface area (Å²) in [4.78, 5) is 38.9. The number of halogens is 4. The summed E-state index contributed by atoms with van der Waals surface area (Å²) in [5, 5.41) is 2.54. The van der Waals surface area contributed by atoms with E-state index in [2.05, 4.69) is 21.2 Å². The van der Waals surface area contributed by atoms with Crippen LogP contribution in [0, 0.1) is 5.82 Å². The molecule has 1 fully saturated rings. The highest BCUT2D eigenvalue weighted by Crippen LogP contribution is 2.31. The van der Waals surface area contributed by atoms with Crippen molar-refractivity contribution in [2.45, 2.75) is 6.61 Å². The van der Waals surface area contributed by atoms with Gasteiger partial charge in [0.25, 0.3) is 11.8 Å². The van der Waals surface area contributed by atoms with Gasteiger partial charge in [0, 0.05) is 10.0 Å². The first-order valence-electron chi connectivity index (χ1n) is 9.76. The summed E-state index contributed by atoms with van der Waals surface area (Å²) in [6.07, 6.45) is 1.32. The molecule has 1 aliphatic heterocycles. The summed E-state index contributed by atoms with van der Waals surface area (Å²) in [5.74, 6) is -1.75. The molecule has 0 aliphatic carbocycles. The molecule has 4 rings (SSSR count). The zero-order valence-corrected chi connectivity index (χ0v) is 20.2. The van der Waals surface area contributed by atoms with Gasteiger partial charge in [-0.2, -0.15) is 0 Å². The topological polar surface area (TPSA) is 75.7 Å². The first-order valence-corrected chi connectivity index (χ1v) is 11.3. The van der Waals surface area contributed by atoms with Crippen LogP contribution in [-0.4, -0.2) is 17.8 Å². The van der Waals surface area contributed by atoms with Gasteiger partial charge in [-0.3, -0.25) is 14.9 Å². The molecule has 1 heterocycles. The molecule has 1 aliphatic rings. The average Bonchev–Trinajstić information content (AvgIpc) is 2.78. The third-order valence-electron chi connectivity index (χ3n) is 4.82. The lowest BCUT2D eigenvalue weighted by atomic mass is 10.1. The molecule has 0 bridgehead atoms. The fourth-order valence-electron chi connectivity index (χ4n) is 3.22. The van der Waals surface area contributed by atoms with Crippen molar-refractivity contribution in [3.8, 4) is 5.75 Å². The maximum absolute atomic E-state index is 13.5. The molecular formula is C24H14BrCl2FN2O4. The lowest BCUT2D eigenvalue weighted by Gasteiger charge is -2.26. The van der Waals surface area contributed by atoms with Gasteiger partial charge in [-0.05, 0) is 60.2 Å². The van der Waals surface area contributed by atoms with E-state index in [-0.39, 0.29) is 27.9 Å². The fraction of sp³-hybridized carbons (Fsp3) is 0.0417. The van der Waals surface area contributed by atoms with Gasteiger partial charge < -0.3 is 4.74 Å². The van der Waals surface area contributed by atoms with Crippen LogP contribution in [0.2, 0.25) is 10.0 Å². The van der Waals surface area contributed by atoms with E-state index in [1.165, 1.54) is 36.4 Å². The zero-order chi connectivity index (χ0) is 24.4. The number of carbonyl (C=O) groups excluding carboxylic acids is 3. The van der Waals surface area contributed by atoms with E-state index in [0.29, 0.717) is 21.3 Å². The van der Waals surface area contributed by atoms with Crippen LogP contribution in [-0.2, 0) is 16.2 Å². The summed E-state index contributed by atoms with van der Waals surface area (Å²) in [6, 6.07) is 14.3. The van der Waals surface area contributed by atoms with Crippen LogP contribution in [0.15, 0.2) is 70.7 Å². The van der Waals surface area contributed by atoms with Crippen molar-refractivity contribution < 1.29 is 23.5 Å². The van der Waals surface area contributed by atoms with E-state index in [1.807, 2.05) is 0 Å². The van der Waals surface area contributed by atoms with E-state index in [0.717, 1.165) is 4.90 Å². The van der Waals surface area contributed by atoms with Crippen molar-refractivity contribution in [2.75, 3.05) is 4.90 Å². The quantitative estimate of drug-likeness (QED) is 0.299. The molecule has 1 N–H and O–H groups in total. The number of benzene rings is 3. The molecule has 34 heavy (non-hydrogen) atoms. The Kier molecular flexibility index (Phi) is 7.02. The highest BCUT2D eigenvalue weighted by atomic mass is 79.9. The third-order valence-corrected chi connectivity index (χ3v) is 6.05. The molecule has 0 spiro atoms. The minimum Gasteiger partial charge on any atom is -0.488 e. The van der Waals surface area contributed by atoms with Crippen molar-refractivity contribution in [1.82, 2.24) is 5.32 Å². The largest absolute Gasteiger partial charge is 0.488 e. The number of anilines is 1. The van der Waals surface area contributed by atoms with Gasteiger partial charge in [-0.15, -0.1) is 0 Å². The van der Waals surface area contributed by atoms with Crippen LogP contribution < -0.4 is 15.0 Å². The van der Waals surface area contributed by atoms with E-state index < -0.39 is 23.7 Å². The lowest BCUT2D eigenvalue weighted by molar-refractivity contribution is -0.122. The summed E-state index contributed by atoms with van der Waals surface area (Å²) in [7, 11) is 0. The van der Waals surface area contributed by atoms with Gasteiger partial charge in [0.2, 0.25) is 0 Å². The molecule has 172 valence electrons. The highest BCUT2D eigenvalue weighted by Gasteiger charge is 2.37. The van der Waals surface area contributed by atoms with Gasteiger partial charge in [-0.1, -0.05) is 51.3 Å². The van der Waals surface area contributed by atoms with Crippen molar-refractivity contribution in [3.63, 3.8) is 0 Å². The molecule has 0 unspecified atom stereocenters. The van der Waals surface area contributed by atoms with Crippen molar-refractivity contribution in [3.05, 3.63) is 97.7 Å². The molecule has 4 amide bonds. The highest BCUT2D eigenvalue weighted by molar-refractivity contribution is 9.10. The molecule has 6 nitrogen and oxygen atoms in total. The summed E-state index contributed by atoms with van der Waals surface area (Å²) in [5.41, 5.74) is 0.851. The Labute approximate surface area is 212 Å². The molecular weight excluding hydrogens is 550 g/mol. The van der Waals surface area contributed by atoms with Gasteiger partial charge in [0.1, 0.15) is 23.7 Å². The summed E-state index contributed by atoms with van der Waals surface area (Å²) in [6.45, 7) is 0.0591. The Morgan fingerprint density at radius 2 is 1.79 bits per heavy atom. The maximum atomic E-state index is 13.5. The summed E-state index contributed by atoms with van der Waals surface area (Å²) < 4.78 is 20.0. The van der Waals surface area contributed by atoms with Crippen LogP contribution in [0.3, 0.4) is 0 Å². The standard InChI is InChI=1S/C24H14BrCl2FN2O4/c25-15-4-7-21(34-12-13-2-1-3-16(28)8-13)14(9-15)10-18-22(31)29-24(33)30(23(18)32)17-5-6-19(26)20(27)11-17/h1-11H,12H2,(H,29,31,33)/b18-10+. The molecule has 0 aromatic heterocycles. The molecule has 1 saturated heterocycles. The monoisotopic (exact) mass is 562 g/mol. The molecule has 0 radical (unpaired) electrons. The second kappa shape index (κ2) is 9.97. The molecule has 3 aromatic carbocycles. The predicted molar refractivity (Wildman–Crippen MR) is 130 cm³/mol. The molecule has 3 aromatic rings. The Morgan fingerprint density at radius 3 is 2.53 bits per heavy atom. The Morgan fingerprint density at radius 1 is 1.00 bits per heavy atom. The number of urea groups is 1. The van der Waals surface area contributed by atoms with Gasteiger partial charge in [0.15, 0.2) is 0 Å². The van der Waals surface area contributed by atoms with E-state index in [4.69, 9.17) is 27.9 Å². The molecule has 0 saturated carbocycles. The number of hydrogen-bond donors (Lipinski definition) is 1. The summed E-state index contributed by atoms with van der Waals surface area (Å²) >= 11 is 15.3. The van der Waals surface area contributed by atoms with Crippen LogP contribution in [0.5, 0.6) is 5.75 Å². The minimum atomic E-state index is -0.914. The lowest BCUT2D eigenvalue weighted by Crippen LogP contribution is -2.54. The van der Waals surface area contributed by atoms with Gasteiger partial charge in [-0.25, -0.2) is 14.1 Å². The first-order chi connectivity index (χ1) is 16.2. The number of imide groups is 2. The Balaban J connectivity index is 1.68. The van der Waals surface area contributed by atoms with E-state index in [1.54, 1.807) is 30.3 Å². The molecule has 10 heteroatoms. The Bertz CT molecular complexity index is 1360. The first kappa shape index (κ1) is 23.9. The second-order valence-corrected chi connectivity index (χ2v) is 8.89. The number of nitrogens with zero attached hydrogens (tertiary/aromatic N) is 1. The smallest absolute Gasteiger partial charge is 0.335 e. The van der Waals surface area contributed by atoms with Crippen molar-refractivity contribution >= 4 is 68.7 Å². The maximum Gasteiger partial charge on any atom is 0.335 e. The minimum absolute atomic E-state index is 0.0591. The normalized spacial score (nSPS) is 15.0. The number of barbiturate groups is 1. The third kappa shape index (κ3) is 5.14. The predicted octanol–water partition coefficient (Wildman–Crippen LogP) is 6.14. The van der Waals surface area contributed by atoms with Crippen LogP contribution in [0.1, 0.15) is 11.1 Å². The van der Waals surface area contributed by atoms with Crippen LogP contribution >= 0.6 is 39.1 Å². The number of amides is 4. The van der Waals surface area contributed by atoms with Crippen molar-refractivity contribution in [2.24, 2.45) is 0 Å². The van der Waals surface area contributed by atoms with E-state index >= 15 is 0 Å². The SMILES string of the molecule is O=C1NC(=O)N(c2ccc(Cl)c(Cl)c2)C(=O)/C1=C/c1cc(Br)ccc1OCc1cccc(F)c1. The number of ether oxygens (including phenoxy) is 1.